The second-order valence-electron chi connectivity index (χ2n) is 6.82. The Labute approximate surface area is 157 Å². The number of unbranched alkanes of at least 4 members (excludes halogenated alkanes) is 3. The van der Waals surface area contributed by atoms with Gasteiger partial charge in [-0.1, -0.05) is 26.2 Å². The molecule has 0 aliphatic carbocycles. The van der Waals surface area contributed by atoms with E-state index in [1.165, 1.54) is 12.1 Å². The Kier molecular flexibility index (Phi) is 5.94. The van der Waals surface area contributed by atoms with Crippen molar-refractivity contribution in [2.75, 3.05) is 6.54 Å². The van der Waals surface area contributed by atoms with E-state index in [9.17, 15) is 13.6 Å². The first-order valence-corrected chi connectivity index (χ1v) is 9.30. The van der Waals surface area contributed by atoms with Gasteiger partial charge in [0.2, 0.25) is 0 Å². The lowest BCUT2D eigenvalue weighted by Gasteiger charge is -2.11. The molecule has 4 nitrogen and oxygen atoms in total. The average Bonchev–Trinajstić information content (AvgIpc) is 3.11. The van der Waals surface area contributed by atoms with E-state index >= 15 is 0 Å². The Morgan fingerprint density at radius 3 is 2.52 bits per heavy atom. The number of amides is 1. The van der Waals surface area contributed by atoms with E-state index in [4.69, 9.17) is 4.42 Å². The van der Waals surface area contributed by atoms with Gasteiger partial charge in [0, 0.05) is 31.3 Å². The van der Waals surface area contributed by atoms with E-state index in [1.807, 2.05) is 13.0 Å². The molecular formula is C21H24F2N2O2. The lowest BCUT2D eigenvalue weighted by Crippen LogP contribution is -2.27. The molecule has 2 aromatic heterocycles. The molecule has 6 heteroatoms. The number of carbonyl (C=O) groups excluding carboxylic acids is 1. The SMILES string of the molecule is CCCCCCNC(=O)c1cc2oc(C)cc2n1Cc1cc(F)cc(F)c1. The Hall–Kier alpha value is -2.63. The van der Waals surface area contributed by atoms with Gasteiger partial charge in [0.05, 0.1) is 5.52 Å². The molecule has 0 aliphatic rings. The normalized spacial score (nSPS) is 11.3. The van der Waals surface area contributed by atoms with Gasteiger partial charge in [-0.25, -0.2) is 8.78 Å². The summed E-state index contributed by atoms with van der Waals surface area (Å²) in [6.45, 7) is 4.73. The van der Waals surface area contributed by atoms with Crippen LogP contribution in [0.2, 0.25) is 0 Å². The number of benzene rings is 1. The van der Waals surface area contributed by atoms with Crippen LogP contribution in [-0.2, 0) is 6.54 Å². The summed E-state index contributed by atoms with van der Waals surface area (Å²) >= 11 is 0. The maximum atomic E-state index is 13.6. The summed E-state index contributed by atoms with van der Waals surface area (Å²) in [5.41, 5.74) is 2.18. The summed E-state index contributed by atoms with van der Waals surface area (Å²) in [7, 11) is 0. The van der Waals surface area contributed by atoms with Crippen LogP contribution >= 0.6 is 0 Å². The number of furan rings is 1. The second kappa shape index (κ2) is 8.37. The number of hydrogen-bond donors (Lipinski definition) is 1. The minimum atomic E-state index is -0.640. The van der Waals surface area contributed by atoms with Crippen LogP contribution in [0, 0.1) is 18.6 Å². The molecule has 0 saturated heterocycles. The van der Waals surface area contributed by atoms with Crippen molar-refractivity contribution >= 4 is 17.0 Å². The van der Waals surface area contributed by atoms with Crippen LogP contribution in [0.4, 0.5) is 8.78 Å². The molecule has 2 heterocycles. The molecule has 3 aromatic rings. The molecule has 1 N–H and O–H groups in total. The fraction of sp³-hybridized carbons (Fsp3) is 0.381. The zero-order chi connectivity index (χ0) is 19.4. The molecule has 0 saturated carbocycles. The number of carbonyl (C=O) groups is 1. The minimum Gasteiger partial charge on any atom is -0.460 e. The van der Waals surface area contributed by atoms with Gasteiger partial charge < -0.3 is 14.3 Å². The smallest absolute Gasteiger partial charge is 0.268 e. The highest BCUT2D eigenvalue weighted by Crippen LogP contribution is 2.25. The zero-order valence-electron chi connectivity index (χ0n) is 15.6. The minimum absolute atomic E-state index is 0.176. The summed E-state index contributed by atoms with van der Waals surface area (Å²) in [5.74, 6) is -0.782. The molecule has 0 spiro atoms. The summed E-state index contributed by atoms with van der Waals surface area (Å²) in [4.78, 5) is 12.7. The number of aryl methyl sites for hydroxylation is 1. The number of fused-ring (bicyclic) bond motifs is 1. The Morgan fingerprint density at radius 2 is 1.81 bits per heavy atom. The van der Waals surface area contributed by atoms with Gasteiger partial charge in [0.15, 0.2) is 5.58 Å². The highest BCUT2D eigenvalue weighted by Gasteiger charge is 2.19. The van der Waals surface area contributed by atoms with E-state index < -0.39 is 11.6 Å². The third-order valence-corrected chi connectivity index (χ3v) is 4.52. The predicted molar refractivity (Wildman–Crippen MR) is 101 cm³/mol. The first-order valence-electron chi connectivity index (χ1n) is 9.30. The molecule has 27 heavy (non-hydrogen) atoms. The van der Waals surface area contributed by atoms with Crippen molar-refractivity contribution in [1.82, 2.24) is 9.88 Å². The van der Waals surface area contributed by atoms with Gasteiger partial charge in [0.25, 0.3) is 5.91 Å². The number of nitrogens with zero attached hydrogens (tertiary/aromatic N) is 1. The Morgan fingerprint density at radius 1 is 1.07 bits per heavy atom. The Bertz CT molecular complexity index is 923. The van der Waals surface area contributed by atoms with E-state index in [0.717, 1.165) is 37.3 Å². The lowest BCUT2D eigenvalue weighted by molar-refractivity contribution is 0.0944. The van der Waals surface area contributed by atoms with Crippen molar-refractivity contribution in [3.8, 4) is 0 Å². The van der Waals surface area contributed by atoms with Crippen LogP contribution in [0.1, 0.15) is 54.4 Å². The van der Waals surface area contributed by atoms with Gasteiger partial charge in [0.1, 0.15) is 23.1 Å². The molecule has 144 valence electrons. The number of hydrogen-bond acceptors (Lipinski definition) is 2. The van der Waals surface area contributed by atoms with Crippen LogP contribution in [0.15, 0.2) is 34.7 Å². The monoisotopic (exact) mass is 374 g/mol. The highest BCUT2D eigenvalue weighted by molar-refractivity contribution is 5.97. The van der Waals surface area contributed by atoms with Crippen LogP contribution < -0.4 is 5.32 Å². The Balaban J connectivity index is 1.85. The van der Waals surface area contributed by atoms with Crippen molar-refractivity contribution in [2.45, 2.75) is 46.1 Å². The first kappa shape index (κ1) is 19.1. The van der Waals surface area contributed by atoms with Crippen LogP contribution in [0.3, 0.4) is 0 Å². The third-order valence-electron chi connectivity index (χ3n) is 4.52. The van der Waals surface area contributed by atoms with Crippen LogP contribution in [0.25, 0.3) is 11.1 Å². The summed E-state index contributed by atoms with van der Waals surface area (Å²) in [6.07, 6.45) is 4.27. The third kappa shape index (κ3) is 4.56. The molecule has 0 aliphatic heterocycles. The average molecular weight is 374 g/mol. The molecule has 0 bridgehead atoms. The second-order valence-corrected chi connectivity index (χ2v) is 6.82. The van der Waals surface area contributed by atoms with Crippen molar-refractivity contribution in [2.24, 2.45) is 0 Å². The van der Waals surface area contributed by atoms with Gasteiger partial charge in [-0.2, -0.15) is 0 Å². The number of rotatable bonds is 8. The van der Waals surface area contributed by atoms with E-state index in [1.54, 1.807) is 10.6 Å². The number of nitrogens with one attached hydrogen (secondary N) is 1. The van der Waals surface area contributed by atoms with Crippen molar-refractivity contribution in [1.29, 1.82) is 0 Å². The largest absolute Gasteiger partial charge is 0.460 e. The molecular weight excluding hydrogens is 350 g/mol. The van der Waals surface area contributed by atoms with E-state index in [0.29, 0.717) is 29.1 Å². The lowest BCUT2D eigenvalue weighted by atomic mass is 10.2. The van der Waals surface area contributed by atoms with Crippen molar-refractivity contribution in [3.05, 3.63) is 59.0 Å². The predicted octanol–water partition coefficient (Wildman–Crippen LogP) is 5.18. The molecule has 1 aromatic carbocycles. The topological polar surface area (TPSA) is 47.2 Å². The quantitative estimate of drug-likeness (QED) is 0.552. The molecule has 0 unspecified atom stereocenters. The van der Waals surface area contributed by atoms with Gasteiger partial charge in [-0.15, -0.1) is 0 Å². The zero-order valence-corrected chi connectivity index (χ0v) is 15.6. The summed E-state index contributed by atoms with van der Waals surface area (Å²) in [6, 6.07) is 6.88. The number of halogens is 2. The van der Waals surface area contributed by atoms with Gasteiger partial charge in [-0.3, -0.25) is 4.79 Å². The number of aromatic nitrogens is 1. The summed E-state index contributed by atoms with van der Waals surface area (Å²) in [5, 5.41) is 2.92. The molecule has 3 rings (SSSR count). The molecule has 0 radical (unpaired) electrons. The van der Waals surface area contributed by atoms with Crippen molar-refractivity contribution < 1.29 is 18.0 Å². The molecule has 0 fully saturated rings. The molecule has 0 atom stereocenters. The van der Waals surface area contributed by atoms with E-state index in [2.05, 4.69) is 12.2 Å². The first-order chi connectivity index (χ1) is 13.0. The van der Waals surface area contributed by atoms with Crippen molar-refractivity contribution in [3.63, 3.8) is 0 Å². The van der Waals surface area contributed by atoms with E-state index in [-0.39, 0.29) is 12.5 Å². The summed E-state index contributed by atoms with van der Waals surface area (Å²) < 4.78 is 34.5. The van der Waals surface area contributed by atoms with Crippen LogP contribution in [0.5, 0.6) is 0 Å². The van der Waals surface area contributed by atoms with Gasteiger partial charge in [-0.05, 0) is 31.0 Å². The molecule has 1 amide bonds. The maximum Gasteiger partial charge on any atom is 0.268 e. The maximum absolute atomic E-state index is 13.6. The highest BCUT2D eigenvalue weighted by atomic mass is 19.1. The standard InChI is InChI=1S/C21H24F2N2O2/c1-3-4-5-6-7-24-21(26)19-12-20-18(8-14(2)27-20)25(19)13-15-9-16(22)11-17(23)10-15/h8-12H,3-7,13H2,1-2H3,(H,24,26). The van der Waals surface area contributed by atoms with Crippen LogP contribution in [-0.4, -0.2) is 17.0 Å². The van der Waals surface area contributed by atoms with Gasteiger partial charge >= 0.3 is 0 Å². The fourth-order valence-electron chi connectivity index (χ4n) is 3.25. The fourth-order valence-corrected chi connectivity index (χ4v) is 3.25.